The first-order valence-corrected chi connectivity index (χ1v) is 6.05. The molecule has 1 aliphatic heterocycles. The Morgan fingerprint density at radius 2 is 1.83 bits per heavy atom. The van der Waals surface area contributed by atoms with E-state index in [0.717, 1.165) is 5.69 Å². The van der Waals surface area contributed by atoms with Crippen molar-refractivity contribution in [3.05, 3.63) is 17.3 Å². The summed E-state index contributed by atoms with van der Waals surface area (Å²) >= 11 is 0. The normalized spacial score (nSPS) is 19.1. The van der Waals surface area contributed by atoms with Crippen LogP contribution in [-0.2, 0) is 4.79 Å². The summed E-state index contributed by atoms with van der Waals surface area (Å²) in [5.74, 6) is -1.37. The monoisotopic (exact) mass is 248 g/mol. The highest BCUT2D eigenvalue weighted by atomic mass is 16.5. The minimum Gasteiger partial charge on any atom is -0.404 e. The largest absolute Gasteiger partial charge is 0.404 e. The van der Waals surface area contributed by atoms with Crippen LogP contribution in [0, 0.1) is 11.8 Å². The first kappa shape index (κ1) is 12.7. The molecule has 5 nitrogen and oxygen atoms in total. The SMILES string of the molecule is CC(C)c1cc2c(nn1)OC(=O)C(C(C)C)C2=O. The molecule has 0 bridgehead atoms. The van der Waals surface area contributed by atoms with Crippen molar-refractivity contribution in [2.24, 2.45) is 11.8 Å². The highest BCUT2D eigenvalue weighted by molar-refractivity contribution is 6.13. The molecule has 0 aliphatic carbocycles. The molecule has 0 amide bonds. The van der Waals surface area contributed by atoms with Gasteiger partial charge in [0.05, 0.1) is 11.3 Å². The van der Waals surface area contributed by atoms with E-state index < -0.39 is 11.9 Å². The van der Waals surface area contributed by atoms with Crippen LogP contribution in [0.1, 0.15) is 49.7 Å². The number of nitrogens with zero attached hydrogens (tertiary/aromatic N) is 2. The molecular weight excluding hydrogens is 232 g/mol. The fraction of sp³-hybridized carbons (Fsp3) is 0.538. The van der Waals surface area contributed by atoms with Crippen LogP contribution in [0.3, 0.4) is 0 Å². The fourth-order valence-electron chi connectivity index (χ4n) is 1.94. The molecule has 1 aromatic rings. The second-order valence-electron chi connectivity index (χ2n) is 5.15. The molecule has 0 saturated heterocycles. The maximum atomic E-state index is 12.3. The van der Waals surface area contributed by atoms with E-state index in [-0.39, 0.29) is 23.5 Å². The van der Waals surface area contributed by atoms with Crippen LogP contribution < -0.4 is 4.74 Å². The summed E-state index contributed by atoms with van der Waals surface area (Å²) in [6.45, 7) is 7.59. The topological polar surface area (TPSA) is 69.2 Å². The van der Waals surface area contributed by atoms with Crippen LogP contribution in [0.15, 0.2) is 6.07 Å². The van der Waals surface area contributed by atoms with Gasteiger partial charge in [0, 0.05) is 0 Å². The van der Waals surface area contributed by atoms with Gasteiger partial charge in [0.15, 0.2) is 5.78 Å². The Kier molecular flexibility index (Phi) is 3.15. The van der Waals surface area contributed by atoms with Crippen LogP contribution in [0.25, 0.3) is 0 Å². The number of esters is 1. The van der Waals surface area contributed by atoms with E-state index in [9.17, 15) is 9.59 Å². The number of hydrogen-bond acceptors (Lipinski definition) is 5. The first-order chi connectivity index (χ1) is 8.41. The lowest BCUT2D eigenvalue weighted by Crippen LogP contribution is -2.37. The lowest BCUT2D eigenvalue weighted by molar-refractivity contribution is -0.139. The first-order valence-electron chi connectivity index (χ1n) is 6.05. The Morgan fingerprint density at radius 1 is 1.17 bits per heavy atom. The molecule has 0 aromatic carbocycles. The van der Waals surface area contributed by atoms with Crippen molar-refractivity contribution in [3.8, 4) is 5.88 Å². The molecule has 2 rings (SSSR count). The Balaban J connectivity index is 2.48. The minimum absolute atomic E-state index is 0.0336. The minimum atomic E-state index is -0.735. The average Bonchev–Trinajstić information content (AvgIpc) is 2.27. The number of carbonyl (C=O) groups excluding carboxylic acids is 2. The number of rotatable bonds is 2. The number of carbonyl (C=O) groups is 2. The molecular formula is C13H16N2O3. The van der Waals surface area contributed by atoms with E-state index in [1.807, 2.05) is 27.7 Å². The van der Waals surface area contributed by atoms with Gasteiger partial charge in [0.25, 0.3) is 5.88 Å². The molecule has 1 atom stereocenters. The van der Waals surface area contributed by atoms with Gasteiger partial charge in [-0.25, -0.2) is 0 Å². The maximum Gasteiger partial charge on any atom is 0.323 e. The number of fused-ring (bicyclic) bond motifs is 1. The van der Waals surface area contributed by atoms with E-state index in [4.69, 9.17) is 4.74 Å². The molecule has 96 valence electrons. The highest BCUT2D eigenvalue weighted by Gasteiger charge is 2.39. The van der Waals surface area contributed by atoms with Crippen molar-refractivity contribution >= 4 is 11.8 Å². The third-order valence-corrected chi connectivity index (χ3v) is 3.04. The van der Waals surface area contributed by atoms with Gasteiger partial charge in [-0.2, -0.15) is 5.10 Å². The Labute approximate surface area is 106 Å². The number of ketones is 1. The second kappa shape index (κ2) is 4.48. The summed E-state index contributed by atoms with van der Waals surface area (Å²) in [5.41, 5.74) is 1.09. The van der Waals surface area contributed by atoms with Gasteiger partial charge in [-0.3, -0.25) is 9.59 Å². The van der Waals surface area contributed by atoms with Crippen molar-refractivity contribution in [1.82, 2.24) is 10.2 Å². The van der Waals surface area contributed by atoms with Gasteiger partial charge in [-0.05, 0) is 17.9 Å². The van der Waals surface area contributed by atoms with Crippen LogP contribution in [-0.4, -0.2) is 21.9 Å². The van der Waals surface area contributed by atoms with E-state index in [1.165, 1.54) is 0 Å². The van der Waals surface area contributed by atoms with E-state index in [2.05, 4.69) is 10.2 Å². The Morgan fingerprint density at radius 3 is 2.39 bits per heavy atom. The molecule has 0 saturated carbocycles. The molecule has 0 N–H and O–H groups in total. The van der Waals surface area contributed by atoms with Crippen molar-refractivity contribution in [3.63, 3.8) is 0 Å². The number of aromatic nitrogens is 2. The van der Waals surface area contributed by atoms with Gasteiger partial charge in [-0.1, -0.05) is 27.7 Å². The number of ether oxygens (including phenoxy) is 1. The summed E-state index contributed by atoms with van der Waals surface area (Å²) in [6.07, 6.45) is 0. The van der Waals surface area contributed by atoms with Crippen LogP contribution in [0.4, 0.5) is 0 Å². The van der Waals surface area contributed by atoms with Crippen LogP contribution in [0.2, 0.25) is 0 Å². The zero-order valence-corrected chi connectivity index (χ0v) is 10.9. The summed E-state index contributed by atoms with van der Waals surface area (Å²) in [6, 6.07) is 1.68. The van der Waals surface area contributed by atoms with Gasteiger partial charge in [0.2, 0.25) is 0 Å². The maximum absolute atomic E-state index is 12.3. The predicted octanol–water partition coefficient (Wildman–Crippen LogP) is 1.97. The standard InChI is InChI=1S/C13H16N2O3/c1-6(2)9-5-8-11(16)10(7(3)4)13(17)18-12(8)15-14-9/h5-7,10H,1-4H3. The Hall–Kier alpha value is -1.78. The van der Waals surface area contributed by atoms with Crippen molar-refractivity contribution in [1.29, 1.82) is 0 Å². The van der Waals surface area contributed by atoms with Crippen molar-refractivity contribution < 1.29 is 14.3 Å². The number of Topliss-reactive ketones (excluding diaryl/α,β-unsaturated/α-hetero) is 1. The van der Waals surface area contributed by atoms with Gasteiger partial charge < -0.3 is 4.74 Å². The van der Waals surface area contributed by atoms with Crippen LogP contribution >= 0.6 is 0 Å². The van der Waals surface area contributed by atoms with E-state index in [0.29, 0.717) is 5.56 Å². The fourth-order valence-corrected chi connectivity index (χ4v) is 1.94. The number of hydrogen-bond donors (Lipinski definition) is 0. The lowest BCUT2D eigenvalue weighted by Gasteiger charge is -2.23. The zero-order valence-electron chi connectivity index (χ0n) is 10.9. The van der Waals surface area contributed by atoms with Gasteiger partial charge in [-0.15, -0.1) is 5.10 Å². The molecule has 0 radical (unpaired) electrons. The van der Waals surface area contributed by atoms with Gasteiger partial charge >= 0.3 is 5.97 Å². The molecule has 0 fully saturated rings. The summed E-state index contributed by atoms with van der Waals surface area (Å²) < 4.78 is 5.08. The second-order valence-corrected chi connectivity index (χ2v) is 5.15. The third kappa shape index (κ3) is 2.00. The molecule has 5 heteroatoms. The van der Waals surface area contributed by atoms with Crippen molar-refractivity contribution in [2.75, 3.05) is 0 Å². The zero-order chi connectivity index (χ0) is 13.4. The van der Waals surface area contributed by atoms with Gasteiger partial charge in [0.1, 0.15) is 5.92 Å². The predicted molar refractivity (Wildman–Crippen MR) is 64.4 cm³/mol. The summed E-state index contributed by atoms with van der Waals surface area (Å²) in [7, 11) is 0. The van der Waals surface area contributed by atoms with E-state index in [1.54, 1.807) is 6.07 Å². The lowest BCUT2D eigenvalue weighted by atomic mass is 9.86. The molecule has 1 aliphatic rings. The third-order valence-electron chi connectivity index (χ3n) is 3.04. The highest BCUT2D eigenvalue weighted by Crippen LogP contribution is 2.30. The average molecular weight is 248 g/mol. The quantitative estimate of drug-likeness (QED) is 0.591. The molecule has 2 heterocycles. The molecule has 1 aromatic heterocycles. The van der Waals surface area contributed by atoms with Crippen LogP contribution in [0.5, 0.6) is 5.88 Å². The molecule has 18 heavy (non-hydrogen) atoms. The summed E-state index contributed by atoms with van der Waals surface area (Å²) in [4.78, 5) is 24.0. The summed E-state index contributed by atoms with van der Waals surface area (Å²) in [5, 5.41) is 7.77. The Bertz CT molecular complexity index is 509. The van der Waals surface area contributed by atoms with E-state index >= 15 is 0 Å². The molecule has 1 unspecified atom stereocenters. The smallest absolute Gasteiger partial charge is 0.323 e. The molecule has 0 spiro atoms. The van der Waals surface area contributed by atoms with Crippen molar-refractivity contribution in [2.45, 2.75) is 33.6 Å².